The van der Waals surface area contributed by atoms with Crippen LogP contribution in [-0.4, -0.2) is 8.07 Å². The average molecular weight is 327 g/mol. The van der Waals surface area contributed by atoms with Crippen LogP contribution < -0.4 is 9.75 Å². The highest BCUT2D eigenvalue weighted by atomic mass is 28.3. The predicted octanol–water partition coefficient (Wildman–Crippen LogP) is 4.64. The molecule has 2 aromatic rings. The van der Waals surface area contributed by atoms with Crippen LogP contribution >= 0.6 is 0 Å². The van der Waals surface area contributed by atoms with Gasteiger partial charge in [-0.25, -0.2) is 4.57 Å². The fourth-order valence-electron chi connectivity index (χ4n) is 3.15. The van der Waals surface area contributed by atoms with E-state index in [0.717, 1.165) is 0 Å². The van der Waals surface area contributed by atoms with Crippen molar-refractivity contribution >= 4 is 13.3 Å². The highest BCUT2D eigenvalue weighted by molar-refractivity contribution is 6.89. The Kier molecular flexibility index (Phi) is 4.60. The molecular formula is C21H32NSi+. The van der Waals surface area contributed by atoms with Crippen molar-refractivity contribution in [3.8, 4) is 11.3 Å². The first-order chi connectivity index (χ1) is 10.4. The van der Waals surface area contributed by atoms with Gasteiger partial charge in [0.25, 0.3) is 0 Å². The molecule has 1 aromatic carbocycles. The second-order valence-electron chi connectivity index (χ2n) is 8.92. The van der Waals surface area contributed by atoms with Crippen LogP contribution in [0.3, 0.4) is 0 Å². The van der Waals surface area contributed by atoms with Crippen molar-refractivity contribution in [3.63, 3.8) is 0 Å². The molecular weight excluding hydrogens is 294 g/mol. The number of hydrogen-bond donors (Lipinski definition) is 0. The number of rotatable bonds is 2. The second kappa shape index (κ2) is 5.90. The average Bonchev–Trinajstić information content (AvgIpc) is 2.39. The Morgan fingerprint density at radius 3 is 2.09 bits per heavy atom. The Balaban J connectivity index is 2.80. The Hall–Kier alpha value is -1.41. The fraction of sp³-hybridized carbons (Fsp3) is 0.476. The lowest BCUT2D eigenvalue weighted by Crippen LogP contribution is -2.47. The molecule has 0 saturated carbocycles. The Labute approximate surface area is 143 Å². The molecule has 1 aromatic heterocycles. The molecule has 124 valence electrons. The van der Waals surface area contributed by atoms with Crippen LogP contribution in [0.25, 0.3) is 11.3 Å². The van der Waals surface area contributed by atoms with Crippen molar-refractivity contribution in [2.75, 3.05) is 0 Å². The van der Waals surface area contributed by atoms with Gasteiger partial charge in [-0.3, -0.25) is 0 Å². The summed E-state index contributed by atoms with van der Waals surface area (Å²) in [6.07, 6.45) is 2.37. The van der Waals surface area contributed by atoms with E-state index >= 15 is 0 Å². The monoisotopic (exact) mass is 326 g/mol. The van der Waals surface area contributed by atoms with Gasteiger partial charge < -0.3 is 0 Å². The standard InChI is InChI=1S/C21H32NSi/c1-15-10-11-16(2)17(12-15)19-13-20(23(7,8)9)18(14-22(19)6)21(3,4)5/h10-14H,1-9H3/q+1. The Morgan fingerprint density at radius 2 is 1.57 bits per heavy atom. The van der Waals surface area contributed by atoms with E-state index in [9.17, 15) is 0 Å². The fourth-order valence-corrected chi connectivity index (χ4v) is 4.96. The van der Waals surface area contributed by atoms with Crippen molar-refractivity contribution in [2.24, 2.45) is 7.05 Å². The molecule has 1 nitrogen and oxygen atoms in total. The van der Waals surface area contributed by atoms with E-state index in [-0.39, 0.29) is 5.41 Å². The van der Waals surface area contributed by atoms with Gasteiger partial charge in [0.05, 0.1) is 8.07 Å². The zero-order valence-electron chi connectivity index (χ0n) is 16.3. The molecule has 23 heavy (non-hydrogen) atoms. The highest BCUT2D eigenvalue weighted by Gasteiger charge is 2.31. The molecule has 0 radical (unpaired) electrons. The minimum atomic E-state index is -1.42. The van der Waals surface area contributed by atoms with Crippen LogP contribution in [0, 0.1) is 13.8 Å². The topological polar surface area (TPSA) is 3.88 Å². The van der Waals surface area contributed by atoms with Crippen LogP contribution in [0.2, 0.25) is 19.6 Å². The molecule has 0 unspecified atom stereocenters. The zero-order chi connectivity index (χ0) is 17.6. The minimum Gasteiger partial charge on any atom is -0.201 e. The zero-order valence-corrected chi connectivity index (χ0v) is 17.3. The first kappa shape index (κ1) is 17.9. The Morgan fingerprint density at radius 1 is 0.957 bits per heavy atom. The molecule has 0 fully saturated rings. The molecule has 0 atom stereocenters. The van der Waals surface area contributed by atoms with Gasteiger partial charge in [-0.2, -0.15) is 0 Å². The maximum absolute atomic E-state index is 2.47. The van der Waals surface area contributed by atoms with E-state index in [4.69, 9.17) is 0 Å². The van der Waals surface area contributed by atoms with Gasteiger partial charge in [0, 0.05) is 17.2 Å². The molecule has 0 saturated heterocycles. The van der Waals surface area contributed by atoms with E-state index in [0.29, 0.717) is 0 Å². The third kappa shape index (κ3) is 3.74. The minimum absolute atomic E-state index is 0.174. The van der Waals surface area contributed by atoms with E-state index < -0.39 is 8.07 Å². The number of benzene rings is 1. The summed E-state index contributed by atoms with van der Waals surface area (Å²) in [4.78, 5) is 0. The van der Waals surface area contributed by atoms with Gasteiger partial charge in [-0.1, -0.05) is 58.1 Å². The number of nitrogens with zero attached hydrogens (tertiary/aromatic N) is 1. The maximum atomic E-state index is 2.47. The van der Waals surface area contributed by atoms with Crippen molar-refractivity contribution in [3.05, 3.63) is 47.2 Å². The summed E-state index contributed by atoms with van der Waals surface area (Å²) in [6.45, 7) is 18.7. The number of aryl methyl sites for hydroxylation is 3. The molecule has 2 heteroatoms. The van der Waals surface area contributed by atoms with Crippen LogP contribution in [0.1, 0.15) is 37.5 Å². The van der Waals surface area contributed by atoms with E-state index in [1.54, 1.807) is 5.19 Å². The molecule has 2 rings (SSSR count). The summed E-state index contributed by atoms with van der Waals surface area (Å²) in [5.74, 6) is 0. The Bertz CT molecular complexity index is 731. The summed E-state index contributed by atoms with van der Waals surface area (Å²) in [6, 6.07) is 9.21. The molecule has 0 bridgehead atoms. The molecule has 0 N–H and O–H groups in total. The molecule has 0 amide bonds. The maximum Gasteiger partial charge on any atom is 0.212 e. The van der Waals surface area contributed by atoms with Crippen LogP contribution in [0.15, 0.2) is 30.5 Å². The summed E-state index contributed by atoms with van der Waals surface area (Å²) < 4.78 is 2.31. The van der Waals surface area contributed by atoms with E-state index in [1.807, 2.05) is 0 Å². The predicted molar refractivity (Wildman–Crippen MR) is 104 cm³/mol. The molecule has 0 aliphatic heterocycles. The van der Waals surface area contributed by atoms with Gasteiger partial charge >= 0.3 is 0 Å². The first-order valence-electron chi connectivity index (χ1n) is 8.53. The van der Waals surface area contributed by atoms with E-state index in [2.05, 4.69) is 96.3 Å². The van der Waals surface area contributed by atoms with Gasteiger partial charge in [0.2, 0.25) is 5.69 Å². The smallest absolute Gasteiger partial charge is 0.201 e. The lowest BCUT2D eigenvalue weighted by atomic mass is 9.87. The summed E-state index contributed by atoms with van der Waals surface area (Å²) in [7, 11) is 0.762. The van der Waals surface area contributed by atoms with Crippen molar-refractivity contribution < 1.29 is 4.57 Å². The van der Waals surface area contributed by atoms with Gasteiger partial charge in [-0.15, -0.1) is 0 Å². The lowest BCUT2D eigenvalue weighted by molar-refractivity contribution is -0.660. The first-order valence-corrected chi connectivity index (χ1v) is 12.0. The van der Waals surface area contributed by atoms with Gasteiger partial charge in [-0.05, 0) is 36.1 Å². The third-order valence-corrected chi connectivity index (χ3v) is 6.59. The molecule has 0 spiro atoms. The highest BCUT2D eigenvalue weighted by Crippen LogP contribution is 2.26. The SMILES string of the molecule is Cc1ccc(C)c(-c2cc([Si](C)(C)C)c(C(C)(C)C)c[n+]2C)c1. The summed E-state index contributed by atoms with van der Waals surface area (Å²) in [5, 5.41) is 1.58. The molecule has 1 heterocycles. The van der Waals surface area contributed by atoms with Crippen LogP contribution in [-0.2, 0) is 12.5 Å². The molecule has 0 aliphatic carbocycles. The summed E-state index contributed by atoms with van der Waals surface area (Å²) in [5.41, 5.74) is 7.02. The van der Waals surface area contributed by atoms with Gasteiger partial charge in [0.15, 0.2) is 6.20 Å². The third-order valence-electron chi connectivity index (χ3n) is 4.56. The van der Waals surface area contributed by atoms with Gasteiger partial charge in [0.1, 0.15) is 7.05 Å². The number of aromatic nitrogens is 1. The number of pyridine rings is 1. The van der Waals surface area contributed by atoms with Crippen molar-refractivity contribution in [2.45, 2.75) is 59.7 Å². The normalized spacial score (nSPS) is 12.6. The van der Waals surface area contributed by atoms with Crippen LogP contribution in [0.4, 0.5) is 0 Å². The molecule has 0 aliphatic rings. The largest absolute Gasteiger partial charge is 0.212 e. The lowest BCUT2D eigenvalue weighted by Gasteiger charge is -2.28. The number of hydrogen-bond acceptors (Lipinski definition) is 0. The van der Waals surface area contributed by atoms with Crippen LogP contribution in [0.5, 0.6) is 0 Å². The van der Waals surface area contributed by atoms with Crippen molar-refractivity contribution in [1.82, 2.24) is 0 Å². The second-order valence-corrected chi connectivity index (χ2v) is 14.0. The quantitative estimate of drug-likeness (QED) is 0.559. The van der Waals surface area contributed by atoms with Crippen molar-refractivity contribution in [1.29, 1.82) is 0 Å². The summed E-state index contributed by atoms with van der Waals surface area (Å²) >= 11 is 0. The van der Waals surface area contributed by atoms with E-state index in [1.165, 1.54) is 27.9 Å².